The molecule has 1 aromatic heterocycles. The van der Waals surface area contributed by atoms with Gasteiger partial charge in [0.1, 0.15) is 0 Å². The van der Waals surface area contributed by atoms with Gasteiger partial charge in [-0.15, -0.1) is 0 Å². The van der Waals surface area contributed by atoms with Crippen molar-refractivity contribution in [2.45, 2.75) is 25.5 Å². The molecule has 0 aliphatic rings. The van der Waals surface area contributed by atoms with Crippen LogP contribution in [0.15, 0.2) is 42.7 Å². The lowest BCUT2D eigenvalue weighted by Crippen LogP contribution is -2.44. The molecule has 1 atom stereocenters. The molecule has 0 saturated carbocycles. The Morgan fingerprint density at radius 1 is 1.35 bits per heavy atom. The van der Waals surface area contributed by atoms with Gasteiger partial charge in [0.25, 0.3) is 0 Å². The van der Waals surface area contributed by atoms with E-state index in [9.17, 15) is 9.90 Å². The van der Waals surface area contributed by atoms with Gasteiger partial charge in [0, 0.05) is 30.5 Å². The van der Waals surface area contributed by atoms with Gasteiger partial charge in [0.15, 0.2) is 0 Å². The maximum atomic E-state index is 11.9. The number of aromatic nitrogens is 2. The van der Waals surface area contributed by atoms with Crippen LogP contribution in [0.3, 0.4) is 0 Å². The van der Waals surface area contributed by atoms with Gasteiger partial charge in [-0.2, -0.15) is 5.10 Å². The SMILES string of the molecule is CC(C)(O)CNC(=O)NCC(c1ccc(Cl)cc1)n1cccn1. The van der Waals surface area contributed by atoms with E-state index >= 15 is 0 Å². The number of halogens is 1. The number of hydrogen-bond donors (Lipinski definition) is 3. The van der Waals surface area contributed by atoms with Crippen LogP contribution in [-0.2, 0) is 0 Å². The number of amides is 2. The van der Waals surface area contributed by atoms with Gasteiger partial charge in [0.2, 0.25) is 0 Å². The number of benzene rings is 1. The van der Waals surface area contributed by atoms with Crippen LogP contribution in [0, 0.1) is 0 Å². The highest BCUT2D eigenvalue weighted by Crippen LogP contribution is 2.19. The number of hydrogen-bond acceptors (Lipinski definition) is 3. The van der Waals surface area contributed by atoms with E-state index in [2.05, 4.69) is 15.7 Å². The Kier molecular flexibility index (Phi) is 5.63. The summed E-state index contributed by atoms with van der Waals surface area (Å²) in [4.78, 5) is 11.9. The summed E-state index contributed by atoms with van der Waals surface area (Å²) in [6, 6.07) is 8.78. The number of aliphatic hydroxyl groups is 1. The van der Waals surface area contributed by atoms with Gasteiger partial charge in [-0.05, 0) is 37.6 Å². The molecule has 0 saturated heterocycles. The van der Waals surface area contributed by atoms with Crippen LogP contribution < -0.4 is 10.6 Å². The third-order valence-electron chi connectivity index (χ3n) is 3.24. The highest BCUT2D eigenvalue weighted by atomic mass is 35.5. The van der Waals surface area contributed by atoms with E-state index in [0.717, 1.165) is 5.56 Å². The molecule has 0 aliphatic carbocycles. The first-order chi connectivity index (χ1) is 10.8. The van der Waals surface area contributed by atoms with Crippen LogP contribution in [0.1, 0.15) is 25.5 Å². The lowest BCUT2D eigenvalue weighted by molar-refractivity contribution is 0.0819. The Hall–Kier alpha value is -2.05. The lowest BCUT2D eigenvalue weighted by atomic mass is 10.1. The number of carbonyl (C=O) groups is 1. The predicted molar refractivity (Wildman–Crippen MR) is 89.5 cm³/mol. The topological polar surface area (TPSA) is 79.2 Å². The zero-order valence-corrected chi connectivity index (χ0v) is 13.9. The number of urea groups is 1. The minimum atomic E-state index is -0.949. The minimum absolute atomic E-state index is 0.143. The second kappa shape index (κ2) is 7.48. The van der Waals surface area contributed by atoms with Gasteiger partial charge in [-0.1, -0.05) is 23.7 Å². The van der Waals surface area contributed by atoms with Crippen LogP contribution in [0.4, 0.5) is 4.79 Å². The Morgan fingerprint density at radius 2 is 2.04 bits per heavy atom. The average Bonchev–Trinajstić information content (AvgIpc) is 3.00. The number of nitrogens with zero attached hydrogens (tertiary/aromatic N) is 2. The van der Waals surface area contributed by atoms with Crippen molar-refractivity contribution in [3.05, 3.63) is 53.3 Å². The molecule has 2 amide bonds. The fourth-order valence-electron chi connectivity index (χ4n) is 2.06. The minimum Gasteiger partial charge on any atom is -0.389 e. The molecule has 0 spiro atoms. The molecule has 6 nitrogen and oxygen atoms in total. The second-order valence-electron chi connectivity index (χ2n) is 5.93. The molecule has 2 rings (SSSR count). The van der Waals surface area contributed by atoms with Crippen molar-refractivity contribution < 1.29 is 9.90 Å². The summed E-state index contributed by atoms with van der Waals surface area (Å²) >= 11 is 5.93. The van der Waals surface area contributed by atoms with Gasteiger partial charge >= 0.3 is 6.03 Å². The predicted octanol–water partition coefficient (Wildman–Crippen LogP) is 2.20. The molecule has 1 heterocycles. The van der Waals surface area contributed by atoms with E-state index in [1.165, 1.54) is 0 Å². The Bertz CT molecular complexity index is 621. The molecule has 7 heteroatoms. The van der Waals surface area contributed by atoms with Crippen molar-refractivity contribution in [2.24, 2.45) is 0 Å². The van der Waals surface area contributed by atoms with Crippen LogP contribution in [0.25, 0.3) is 0 Å². The maximum absolute atomic E-state index is 11.9. The molecule has 1 aromatic carbocycles. The van der Waals surface area contributed by atoms with Crippen molar-refractivity contribution in [1.29, 1.82) is 0 Å². The van der Waals surface area contributed by atoms with Gasteiger partial charge in [0.05, 0.1) is 11.6 Å². The van der Waals surface area contributed by atoms with Gasteiger partial charge in [-0.3, -0.25) is 4.68 Å². The quantitative estimate of drug-likeness (QED) is 0.756. The number of nitrogens with one attached hydrogen (secondary N) is 2. The van der Waals surface area contributed by atoms with Crippen LogP contribution in [0.5, 0.6) is 0 Å². The molecule has 23 heavy (non-hydrogen) atoms. The molecule has 0 aliphatic heterocycles. The van der Waals surface area contributed by atoms with E-state index in [1.807, 2.05) is 36.5 Å². The fraction of sp³-hybridized carbons (Fsp3) is 0.375. The first-order valence-corrected chi connectivity index (χ1v) is 7.71. The first-order valence-electron chi connectivity index (χ1n) is 7.34. The summed E-state index contributed by atoms with van der Waals surface area (Å²) in [6.07, 6.45) is 3.53. The summed E-state index contributed by atoms with van der Waals surface area (Å²) in [5.74, 6) is 0. The summed E-state index contributed by atoms with van der Waals surface area (Å²) in [7, 11) is 0. The van der Waals surface area contributed by atoms with E-state index in [-0.39, 0.29) is 18.6 Å². The molecule has 0 fully saturated rings. The molecule has 0 radical (unpaired) electrons. The van der Waals surface area contributed by atoms with Crippen LogP contribution >= 0.6 is 11.6 Å². The molecule has 124 valence electrons. The zero-order chi connectivity index (χ0) is 16.9. The first kappa shape index (κ1) is 17.3. The summed E-state index contributed by atoms with van der Waals surface area (Å²) in [5.41, 5.74) is 0.0374. The Balaban J connectivity index is 2.02. The largest absolute Gasteiger partial charge is 0.389 e. The van der Waals surface area contributed by atoms with Crippen molar-refractivity contribution in [3.8, 4) is 0 Å². The summed E-state index contributed by atoms with van der Waals surface area (Å²) in [6.45, 7) is 3.80. The molecular weight excluding hydrogens is 316 g/mol. The smallest absolute Gasteiger partial charge is 0.314 e. The third kappa shape index (κ3) is 5.58. The highest BCUT2D eigenvalue weighted by Gasteiger charge is 2.17. The molecule has 3 N–H and O–H groups in total. The Labute approximate surface area is 140 Å². The van der Waals surface area contributed by atoms with E-state index in [4.69, 9.17) is 11.6 Å². The van der Waals surface area contributed by atoms with Crippen LogP contribution in [0.2, 0.25) is 5.02 Å². The fourth-order valence-corrected chi connectivity index (χ4v) is 2.19. The van der Waals surface area contributed by atoms with Crippen molar-refractivity contribution in [2.75, 3.05) is 13.1 Å². The molecule has 2 aromatic rings. The zero-order valence-electron chi connectivity index (χ0n) is 13.2. The molecular formula is C16H21ClN4O2. The number of carbonyl (C=O) groups excluding carboxylic acids is 1. The summed E-state index contributed by atoms with van der Waals surface area (Å²) in [5, 5.41) is 20.0. The van der Waals surface area contributed by atoms with E-state index in [1.54, 1.807) is 24.7 Å². The van der Waals surface area contributed by atoms with E-state index < -0.39 is 5.60 Å². The normalized spacial score (nSPS) is 12.7. The van der Waals surface area contributed by atoms with E-state index in [0.29, 0.717) is 11.6 Å². The summed E-state index contributed by atoms with van der Waals surface area (Å²) < 4.78 is 1.78. The standard InChI is InChI=1S/C16H21ClN4O2/c1-16(2,23)11-19-15(22)18-10-14(21-9-3-8-20-21)12-4-6-13(17)7-5-12/h3-9,14,23H,10-11H2,1-2H3,(H2,18,19,22). The monoisotopic (exact) mass is 336 g/mol. The molecule has 0 bridgehead atoms. The number of rotatable bonds is 6. The van der Waals surface area contributed by atoms with Crippen molar-refractivity contribution in [1.82, 2.24) is 20.4 Å². The third-order valence-corrected chi connectivity index (χ3v) is 3.49. The average molecular weight is 337 g/mol. The second-order valence-corrected chi connectivity index (χ2v) is 6.37. The highest BCUT2D eigenvalue weighted by molar-refractivity contribution is 6.30. The van der Waals surface area contributed by atoms with Crippen molar-refractivity contribution in [3.63, 3.8) is 0 Å². The van der Waals surface area contributed by atoms with Crippen molar-refractivity contribution >= 4 is 17.6 Å². The molecule has 1 unspecified atom stereocenters. The Morgan fingerprint density at radius 3 is 2.61 bits per heavy atom. The lowest BCUT2D eigenvalue weighted by Gasteiger charge is -2.21. The maximum Gasteiger partial charge on any atom is 0.314 e. The van der Waals surface area contributed by atoms with Gasteiger partial charge < -0.3 is 15.7 Å². The van der Waals surface area contributed by atoms with Gasteiger partial charge in [-0.25, -0.2) is 4.79 Å². The van der Waals surface area contributed by atoms with Crippen LogP contribution in [-0.4, -0.2) is 39.6 Å².